The first-order chi connectivity index (χ1) is 26.0. The Morgan fingerprint density at radius 2 is 1.50 bits per heavy atom. The van der Waals surface area contributed by atoms with E-state index in [9.17, 15) is 50.4 Å². The minimum Gasteiger partial charge on any atom is -0.479 e. The van der Waals surface area contributed by atoms with Gasteiger partial charge in [0.2, 0.25) is 0 Å². The third-order valence-electron chi connectivity index (χ3n) is 17.2. The first-order valence-electron chi connectivity index (χ1n) is 20.7. The number of Topliss-reactive ketones (excluding diaryl/α,β-unsaturated/α-hetero) is 1. The molecule has 14 nitrogen and oxygen atoms in total. The molecule has 5 aliphatic carbocycles. The molecule has 14 heteroatoms. The van der Waals surface area contributed by atoms with Gasteiger partial charge in [-0.15, -0.1) is 0 Å². The van der Waals surface area contributed by atoms with Crippen LogP contribution in [-0.4, -0.2) is 133 Å². The number of fused-ring (bicyclic) bond motifs is 7. The van der Waals surface area contributed by atoms with Crippen molar-refractivity contribution in [1.29, 1.82) is 0 Å². The van der Waals surface area contributed by atoms with E-state index in [1.165, 1.54) is 5.57 Å². The number of aliphatic hydroxyl groups excluding tert-OH is 7. The number of hydrogen-bond acceptors (Lipinski definition) is 13. The van der Waals surface area contributed by atoms with Crippen molar-refractivity contribution in [3.63, 3.8) is 0 Å². The zero-order chi connectivity index (χ0) is 41.1. The van der Waals surface area contributed by atoms with E-state index in [0.717, 1.165) is 44.9 Å². The molecule has 0 unspecified atom stereocenters. The second-order valence-corrected chi connectivity index (χ2v) is 20.6. The summed E-state index contributed by atoms with van der Waals surface area (Å²) in [4.78, 5) is 25.9. The number of aliphatic hydroxyl groups is 7. The molecule has 0 bridgehead atoms. The monoisotopic (exact) mass is 794 g/mol. The Labute approximate surface area is 329 Å². The molecule has 4 saturated carbocycles. The van der Waals surface area contributed by atoms with Crippen molar-refractivity contribution >= 4 is 11.8 Å². The van der Waals surface area contributed by atoms with E-state index in [1.807, 2.05) is 6.92 Å². The highest BCUT2D eigenvalue weighted by Crippen LogP contribution is 2.75. The van der Waals surface area contributed by atoms with Crippen LogP contribution in [0.1, 0.15) is 106 Å². The molecule has 19 atom stereocenters. The summed E-state index contributed by atoms with van der Waals surface area (Å²) < 4.78 is 23.8. The molecule has 7 rings (SSSR count). The number of carbonyl (C=O) groups excluding carboxylic acids is 1. The van der Waals surface area contributed by atoms with Gasteiger partial charge in [-0.2, -0.15) is 0 Å². The van der Waals surface area contributed by atoms with Crippen LogP contribution in [0, 0.1) is 50.2 Å². The Morgan fingerprint density at radius 3 is 2.14 bits per heavy atom. The standard InChI is InChI=1S/C42H66O14/c1-37(2)16-21-20-8-9-24-39(4)12-11-26(40(5,19-44)23(39)10-13-42(24,7)41(20,6)15-14-38(21,3)25(45)17-37)54-36-33(30(49)29(48)32(55-36)34(51)52)56-35-31(50)28(47)27(46)22(18-43)53-35/h8,21-24,26-33,35-36,43-44,46-50H,9-19H2,1-7H3,(H,51,52)/t21-,22+,23+,24+,26-,27+,28-,29-,30-,31+,32-,33+,35-,36+,38+,39-,40+,41+,42+/m0/s1. The highest BCUT2D eigenvalue weighted by Gasteiger charge is 2.70. The third kappa shape index (κ3) is 6.13. The molecule has 8 N–H and O–H groups in total. The lowest BCUT2D eigenvalue weighted by atomic mass is 9.33. The number of ether oxygens (including phenoxy) is 4. The van der Waals surface area contributed by atoms with Gasteiger partial charge in [-0.1, -0.05) is 60.1 Å². The molecule has 2 saturated heterocycles. The summed E-state index contributed by atoms with van der Waals surface area (Å²) in [5.41, 5.74) is -0.183. The second-order valence-electron chi connectivity index (χ2n) is 20.6. The van der Waals surface area contributed by atoms with Gasteiger partial charge in [0.1, 0.15) is 48.5 Å². The fraction of sp³-hybridized carbons (Fsp3) is 0.905. The SMILES string of the molecule is CC1(C)CC(=O)[C@]2(C)CC[C@]3(C)C(=CC[C@@H]4[C@@]5(C)CC[C@H](O[C@@H]6O[C@H](C(=O)O)[C@@H](O)[C@H](O)[C@H]6O[C@@H]6O[C@H](CO)[C@@H](O)[C@H](O)[C@H]6O)[C@](C)(CO)[C@@H]5CC[C@]43C)[C@@H]2C1. The Balaban J connectivity index is 1.17. The molecule has 0 amide bonds. The Hall–Kier alpha value is -1.56. The zero-order valence-electron chi connectivity index (χ0n) is 34.0. The van der Waals surface area contributed by atoms with Crippen molar-refractivity contribution in [3.05, 3.63) is 11.6 Å². The van der Waals surface area contributed by atoms with E-state index in [2.05, 4.69) is 47.6 Å². The van der Waals surface area contributed by atoms with E-state index in [1.54, 1.807) is 0 Å². The number of ketones is 1. The Morgan fingerprint density at radius 1 is 0.804 bits per heavy atom. The molecule has 0 radical (unpaired) electrons. The predicted octanol–water partition coefficient (Wildman–Crippen LogP) is 2.06. The molecule has 0 aromatic heterocycles. The van der Waals surface area contributed by atoms with Crippen molar-refractivity contribution in [2.45, 2.75) is 174 Å². The van der Waals surface area contributed by atoms with Crippen LogP contribution in [0.15, 0.2) is 11.6 Å². The van der Waals surface area contributed by atoms with Crippen molar-refractivity contribution in [3.8, 4) is 0 Å². The third-order valence-corrected chi connectivity index (χ3v) is 17.2. The van der Waals surface area contributed by atoms with Crippen LogP contribution >= 0.6 is 0 Å². The minimum atomic E-state index is -1.97. The van der Waals surface area contributed by atoms with Crippen LogP contribution in [0.5, 0.6) is 0 Å². The molecule has 7 aliphatic rings. The van der Waals surface area contributed by atoms with Gasteiger partial charge >= 0.3 is 5.97 Å². The first-order valence-corrected chi connectivity index (χ1v) is 20.7. The summed E-state index contributed by atoms with van der Waals surface area (Å²) in [6.45, 7) is 14.9. The summed E-state index contributed by atoms with van der Waals surface area (Å²) in [6, 6.07) is 0. The number of carbonyl (C=O) groups is 2. The van der Waals surface area contributed by atoms with E-state index in [4.69, 9.17) is 18.9 Å². The molecule has 318 valence electrons. The fourth-order valence-electron chi connectivity index (χ4n) is 13.5. The van der Waals surface area contributed by atoms with Gasteiger partial charge in [-0.05, 0) is 90.8 Å². The normalized spacial score (nSPS) is 54.2. The number of aliphatic carboxylic acids is 1. The molecule has 0 aromatic carbocycles. The molecule has 0 spiro atoms. The van der Waals surface area contributed by atoms with Gasteiger partial charge in [-0.3, -0.25) is 4.79 Å². The summed E-state index contributed by atoms with van der Waals surface area (Å²) >= 11 is 0. The van der Waals surface area contributed by atoms with E-state index >= 15 is 0 Å². The average Bonchev–Trinajstić information content (AvgIpc) is 3.13. The Kier molecular flexibility index (Phi) is 10.9. The van der Waals surface area contributed by atoms with Crippen molar-refractivity contribution < 1.29 is 69.4 Å². The van der Waals surface area contributed by atoms with Crippen LogP contribution in [0.4, 0.5) is 0 Å². The highest BCUT2D eigenvalue weighted by atomic mass is 16.8. The number of carboxylic acid groups (broad SMARTS) is 1. The van der Waals surface area contributed by atoms with Gasteiger partial charge in [0, 0.05) is 17.3 Å². The molecule has 6 fully saturated rings. The molecular formula is C42H66O14. The Bertz CT molecular complexity index is 1570. The fourth-order valence-corrected chi connectivity index (χ4v) is 13.5. The van der Waals surface area contributed by atoms with E-state index in [-0.39, 0.29) is 51.4 Å². The maximum absolute atomic E-state index is 13.7. The quantitative estimate of drug-likeness (QED) is 0.136. The van der Waals surface area contributed by atoms with Crippen LogP contribution in [0.2, 0.25) is 0 Å². The van der Waals surface area contributed by atoms with Crippen LogP contribution < -0.4 is 0 Å². The topological polar surface area (TPSA) is 233 Å². The molecular weight excluding hydrogens is 728 g/mol. The van der Waals surface area contributed by atoms with Gasteiger partial charge in [0.05, 0.1) is 19.3 Å². The second kappa shape index (κ2) is 14.3. The van der Waals surface area contributed by atoms with Crippen LogP contribution in [0.25, 0.3) is 0 Å². The number of rotatable bonds is 7. The number of allylic oxidation sites excluding steroid dienone is 2. The molecule has 0 aromatic rings. The summed E-state index contributed by atoms with van der Waals surface area (Å²) in [5, 5.41) is 84.4. The minimum absolute atomic E-state index is 0.0291. The lowest BCUT2D eigenvalue weighted by Gasteiger charge is -2.71. The number of carboxylic acids is 1. The maximum Gasteiger partial charge on any atom is 0.335 e. The van der Waals surface area contributed by atoms with E-state index in [0.29, 0.717) is 18.6 Å². The summed E-state index contributed by atoms with van der Waals surface area (Å²) in [7, 11) is 0. The van der Waals surface area contributed by atoms with Gasteiger partial charge in [0.15, 0.2) is 18.7 Å². The van der Waals surface area contributed by atoms with E-state index < -0.39 is 85.5 Å². The lowest BCUT2D eigenvalue weighted by molar-refractivity contribution is -0.375. The average molecular weight is 795 g/mol. The van der Waals surface area contributed by atoms with Crippen molar-refractivity contribution in [2.24, 2.45) is 50.2 Å². The maximum atomic E-state index is 13.7. The van der Waals surface area contributed by atoms with Crippen molar-refractivity contribution in [1.82, 2.24) is 0 Å². The van der Waals surface area contributed by atoms with Gasteiger partial charge < -0.3 is 59.8 Å². The first kappa shape index (κ1) is 42.6. The molecule has 2 heterocycles. The molecule has 2 aliphatic heterocycles. The van der Waals surface area contributed by atoms with Gasteiger partial charge in [0.25, 0.3) is 0 Å². The smallest absolute Gasteiger partial charge is 0.335 e. The number of hydrogen-bond donors (Lipinski definition) is 8. The highest BCUT2D eigenvalue weighted by molar-refractivity contribution is 5.87. The summed E-state index contributed by atoms with van der Waals surface area (Å²) in [6.07, 6.45) is -8.50. The van der Waals surface area contributed by atoms with Crippen LogP contribution in [-0.2, 0) is 28.5 Å². The molecule has 56 heavy (non-hydrogen) atoms. The van der Waals surface area contributed by atoms with Crippen LogP contribution in [0.3, 0.4) is 0 Å². The van der Waals surface area contributed by atoms with Crippen molar-refractivity contribution in [2.75, 3.05) is 13.2 Å². The largest absolute Gasteiger partial charge is 0.479 e. The van der Waals surface area contributed by atoms with Gasteiger partial charge in [-0.25, -0.2) is 4.79 Å². The zero-order valence-corrected chi connectivity index (χ0v) is 34.0. The lowest BCUT2D eigenvalue weighted by Crippen LogP contribution is -2.68. The summed E-state index contributed by atoms with van der Waals surface area (Å²) in [5.74, 6) is -0.705. The predicted molar refractivity (Wildman–Crippen MR) is 198 cm³/mol.